The molecule has 0 aliphatic carbocycles. The normalized spacial score (nSPS) is 20.8. The van der Waals surface area contributed by atoms with Crippen LogP contribution in [0.25, 0.3) is 5.65 Å². The van der Waals surface area contributed by atoms with Crippen LogP contribution >= 0.6 is 11.6 Å². The molecule has 7 nitrogen and oxygen atoms in total. The maximum atomic E-state index is 12.1. The zero-order chi connectivity index (χ0) is 17.3. The molecule has 1 aliphatic heterocycles. The van der Waals surface area contributed by atoms with Crippen LogP contribution in [-0.2, 0) is 4.79 Å². The van der Waals surface area contributed by atoms with Crippen LogP contribution in [0.1, 0.15) is 19.8 Å². The largest absolute Gasteiger partial charge is 0.340 e. The second-order valence-corrected chi connectivity index (χ2v) is 6.54. The van der Waals surface area contributed by atoms with Crippen molar-refractivity contribution >= 4 is 29.1 Å². The molecule has 0 N–H and O–H groups in total. The van der Waals surface area contributed by atoms with E-state index in [2.05, 4.69) is 21.8 Å². The SMILES string of the molecule is CC1CCN(C(=O)CC#N)CC1N(C)c1nc(Cl)cc2nccn12. The van der Waals surface area contributed by atoms with Crippen molar-refractivity contribution < 1.29 is 4.79 Å². The average Bonchev–Trinajstić information content (AvgIpc) is 3.02. The van der Waals surface area contributed by atoms with E-state index in [4.69, 9.17) is 16.9 Å². The number of amides is 1. The number of rotatable bonds is 3. The van der Waals surface area contributed by atoms with E-state index in [0.717, 1.165) is 12.1 Å². The number of carbonyl (C=O) groups excluding carboxylic acids is 1. The lowest BCUT2D eigenvalue weighted by Gasteiger charge is -2.41. The molecule has 8 heteroatoms. The molecule has 2 aromatic heterocycles. The van der Waals surface area contributed by atoms with Crippen molar-refractivity contribution in [3.8, 4) is 6.07 Å². The third kappa shape index (κ3) is 3.02. The van der Waals surface area contributed by atoms with Crippen LogP contribution in [0.5, 0.6) is 0 Å². The topological polar surface area (TPSA) is 77.5 Å². The maximum absolute atomic E-state index is 12.1. The standard InChI is InChI=1S/C16H19ClN6O/c1-11-4-7-22(15(24)3-5-18)10-12(11)21(2)16-20-13(17)9-14-19-6-8-23(14)16/h6,8-9,11-12H,3-4,7,10H2,1-2H3. The zero-order valence-electron chi connectivity index (χ0n) is 13.7. The van der Waals surface area contributed by atoms with Crippen LogP contribution in [0.4, 0.5) is 5.95 Å². The van der Waals surface area contributed by atoms with Crippen LogP contribution in [0, 0.1) is 17.2 Å². The Morgan fingerprint density at radius 1 is 1.58 bits per heavy atom. The zero-order valence-corrected chi connectivity index (χ0v) is 14.4. The Labute approximate surface area is 145 Å². The molecule has 2 atom stereocenters. The smallest absolute Gasteiger partial charge is 0.236 e. The molecule has 0 aromatic carbocycles. The first-order chi connectivity index (χ1) is 11.5. The fourth-order valence-electron chi connectivity index (χ4n) is 3.24. The van der Waals surface area contributed by atoms with Crippen LogP contribution in [0.2, 0.25) is 5.15 Å². The van der Waals surface area contributed by atoms with Crippen molar-refractivity contribution in [1.29, 1.82) is 5.26 Å². The lowest BCUT2D eigenvalue weighted by molar-refractivity contribution is -0.131. The van der Waals surface area contributed by atoms with Crippen molar-refractivity contribution in [1.82, 2.24) is 19.3 Å². The third-order valence-electron chi connectivity index (χ3n) is 4.65. The summed E-state index contributed by atoms with van der Waals surface area (Å²) in [5, 5.41) is 9.14. The van der Waals surface area contributed by atoms with Crippen LogP contribution in [-0.4, -0.2) is 51.4 Å². The molecule has 2 unspecified atom stereocenters. The van der Waals surface area contributed by atoms with Gasteiger partial charge in [0.25, 0.3) is 0 Å². The summed E-state index contributed by atoms with van der Waals surface area (Å²) >= 11 is 6.13. The number of halogens is 1. The number of imidazole rings is 1. The van der Waals surface area contributed by atoms with Crippen LogP contribution in [0.15, 0.2) is 18.5 Å². The molecule has 0 spiro atoms. The van der Waals surface area contributed by atoms with Gasteiger partial charge in [0.05, 0.1) is 12.1 Å². The van der Waals surface area contributed by atoms with Gasteiger partial charge in [0.15, 0.2) is 0 Å². The predicted molar refractivity (Wildman–Crippen MR) is 90.8 cm³/mol. The van der Waals surface area contributed by atoms with Crippen LogP contribution in [0.3, 0.4) is 0 Å². The molecule has 1 aliphatic rings. The molecular formula is C16H19ClN6O. The van der Waals surface area contributed by atoms with E-state index in [1.54, 1.807) is 17.2 Å². The van der Waals surface area contributed by atoms with Crippen molar-refractivity contribution in [2.24, 2.45) is 5.92 Å². The molecule has 3 rings (SSSR count). The van der Waals surface area contributed by atoms with E-state index in [1.165, 1.54) is 0 Å². The number of nitrogens with zero attached hydrogens (tertiary/aromatic N) is 6. The van der Waals surface area contributed by atoms with E-state index in [0.29, 0.717) is 30.1 Å². The fourth-order valence-corrected chi connectivity index (χ4v) is 3.41. The monoisotopic (exact) mass is 346 g/mol. The second-order valence-electron chi connectivity index (χ2n) is 6.15. The Balaban J connectivity index is 1.89. The van der Waals surface area contributed by atoms with E-state index < -0.39 is 0 Å². The summed E-state index contributed by atoms with van der Waals surface area (Å²) in [6.45, 7) is 3.43. The Morgan fingerprint density at radius 2 is 2.38 bits per heavy atom. The molecule has 1 amide bonds. The van der Waals surface area contributed by atoms with E-state index in [9.17, 15) is 4.79 Å². The number of likely N-dealkylation sites (tertiary alicyclic amines) is 1. The van der Waals surface area contributed by atoms with Gasteiger partial charge in [0.1, 0.15) is 17.2 Å². The number of hydrogen-bond acceptors (Lipinski definition) is 5. The van der Waals surface area contributed by atoms with Gasteiger partial charge in [-0.25, -0.2) is 9.97 Å². The Morgan fingerprint density at radius 3 is 3.12 bits per heavy atom. The first-order valence-corrected chi connectivity index (χ1v) is 8.26. The number of piperidine rings is 1. The first-order valence-electron chi connectivity index (χ1n) is 7.88. The molecule has 1 fully saturated rings. The summed E-state index contributed by atoms with van der Waals surface area (Å²) in [5.41, 5.74) is 0.734. The highest BCUT2D eigenvalue weighted by Gasteiger charge is 2.32. The quantitative estimate of drug-likeness (QED) is 0.794. The van der Waals surface area contributed by atoms with Gasteiger partial charge in [0, 0.05) is 38.6 Å². The minimum Gasteiger partial charge on any atom is -0.340 e. The molecule has 0 radical (unpaired) electrons. The van der Waals surface area contributed by atoms with Crippen molar-refractivity contribution in [3.63, 3.8) is 0 Å². The van der Waals surface area contributed by atoms with Gasteiger partial charge in [0.2, 0.25) is 11.9 Å². The lowest BCUT2D eigenvalue weighted by Crippen LogP contribution is -2.53. The average molecular weight is 347 g/mol. The molecule has 2 aromatic rings. The summed E-state index contributed by atoms with van der Waals surface area (Å²) in [5.74, 6) is 0.969. The van der Waals surface area contributed by atoms with Crippen molar-refractivity contribution in [2.45, 2.75) is 25.8 Å². The van der Waals surface area contributed by atoms with Crippen LogP contribution < -0.4 is 4.90 Å². The molecule has 24 heavy (non-hydrogen) atoms. The second kappa shape index (κ2) is 6.65. The van der Waals surface area contributed by atoms with Gasteiger partial charge < -0.3 is 9.80 Å². The summed E-state index contributed by atoms with van der Waals surface area (Å²) in [4.78, 5) is 24.6. The fraction of sp³-hybridized carbons (Fsp3) is 0.500. The van der Waals surface area contributed by atoms with Gasteiger partial charge >= 0.3 is 0 Å². The number of carbonyl (C=O) groups is 1. The molecule has 0 saturated carbocycles. The third-order valence-corrected chi connectivity index (χ3v) is 4.85. The lowest BCUT2D eigenvalue weighted by atomic mass is 9.92. The Bertz CT molecular complexity index is 797. The number of aromatic nitrogens is 3. The Hall–Kier alpha value is -2.33. The molecule has 3 heterocycles. The molecule has 0 bridgehead atoms. The summed E-state index contributed by atoms with van der Waals surface area (Å²) in [6.07, 6.45) is 4.36. The summed E-state index contributed by atoms with van der Waals surface area (Å²) in [7, 11) is 1.96. The minimum absolute atomic E-state index is 0.0774. The minimum atomic E-state index is -0.116. The van der Waals surface area contributed by atoms with Gasteiger partial charge in [-0.05, 0) is 12.3 Å². The predicted octanol–water partition coefficient (Wildman–Crippen LogP) is 1.97. The molecular weight excluding hydrogens is 328 g/mol. The number of likely N-dealkylation sites (N-methyl/N-ethyl adjacent to an activating group) is 1. The number of fused-ring (bicyclic) bond motifs is 1. The summed E-state index contributed by atoms with van der Waals surface area (Å²) < 4.78 is 1.88. The summed E-state index contributed by atoms with van der Waals surface area (Å²) in [6, 6.07) is 3.74. The van der Waals surface area contributed by atoms with Gasteiger partial charge in [-0.2, -0.15) is 5.26 Å². The first kappa shape index (κ1) is 16.5. The highest BCUT2D eigenvalue weighted by molar-refractivity contribution is 6.29. The van der Waals surface area contributed by atoms with E-state index in [1.807, 2.05) is 23.7 Å². The number of hydrogen-bond donors (Lipinski definition) is 0. The highest BCUT2D eigenvalue weighted by atomic mass is 35.5. The van der Waals surface area contributed by atoms with Gasteiger partial charge in [-0.1, -0.05) is 18.5 Å². The maximum Gasteiger partial charge on any atom is 0.236 e. The molecule has 126 valence electrons. The van der Waals surface area contributed by atoms with E-state index >= 15 is 0 Å². The van der Waals surface area contributed by atoms with E-state index in [-0.39, 0.29) is 18.4 Å². The Kier molecular flexibility index (Phi) is 4.58. The van der Waals surface area contributed by atoms with Crippen molar-refractivity contribution in [3.05, 3.63) is 23.6 Å². The number of nitriles is 1. The number of anilines is 1. The van der Waals surface area contributed by atoms with Crippen molar-refractivity contribution in [2.75, 3.05) is 25.0 Å². The van der Waals surface area contributed by atoms with Gasteiger partial charge in [-0.15, -0.1) is 0 Å². The highest BCUT2D eigenvalue weighted by Crippen LogP contribution is 2.26. The molecule has 1 saturated heterocycles. The van der Waals surface area contributed by atoms with Gasteiger partial charge in [-0.3, -0.25) is 9.20 Å².